The van der Waals surface area contributed by atoms with Gasteiger partial charge >= 0.3 is 0 Å². The van der Waals surface area contributed by atoms with Gasteiger partial charge < -0.3 is 10.2 Å². The molecule has 0 atom stereocenters. The maximum absolute atomic E-state index is 13.2. The zero-order valence-electron chi connectivity index (χ0n) is 15.5. The van der Waals surface area contributed by atoms with Crippen LogP contribution < -0.4 is 5.32 Å². The Labute approximate surface area is 163 Å². The first-order chi connectivity index (χ1) is 13.7. The van der Waals surface area contributed by atoms with Gasteiger partial charge in [-0.3, -0.25) is 14.7 Å². The molecule has 2 N–H and O–H groups in total. The van der Waals surface area contributed by atoms with Crippen LogP contribution in [0.1, 0.15) is 40.4 Å². The second-order valence-electron chi connectivity index (χ2n) is 6.90. The third-order valence-electron chi connectivity index (χ3n) is 5.03. The van der Waals surface area contributed by atoms with Crippen molar-refractivity contribution in [2.45, 2.75) is 18.8 Å². The Kier molecular flexibility index (Phi) is 5.19. The van der Waals surface area contributed by atoms with Gasteiger partial charge in [0.15, 0.2) is 0 Å². The molecule has 2 heterocycles. The molecule has 6 nitrogen and oxygen atoms in total. The minimum Gasteiger partial charge on any atom is -0.337 e. The topological polar surface area (TPSA) is 78.1 Å². The number of benzene rings is 2. The number of nitrogens with zero attached hydrogens (tertiary/aromatic N) is 2. The number of aromatic nitrogens is 2. The van der Waals surface area contributed by atoms with E-state index in [1.165, 1.54) is 6.20 Å². The van der Waals surface area contributed by atoms with Crippen molar-refractivity contribution in [2.24, 2.45) is 0 Å². The Morgan fingerprint density at radius 2 is 1.50 bits per heavy atom. The molecule has 0 aliphatic carbocycles. The van der Waals surface area contributed by atoms with Crippen LogP contribution in [0.15, 0.2) is 66.9 Å². The molecule has 2 aromatic carbocycles. The van der Waals surface area contributed by atoms with Crippen LogP contribution in [0.2, 0.25) is 0 Å². The van der Waals surface area contributed by atoms with Gasteiger partial charge in [-0.05, 0) is 24.0 Å². The van der Waals surface area contributed by atoms with E-state index in [9.17, 15) is 9.59 Å². The van der Waals surface area contributed by atoms with Crippen LogP contribution >= 0.6 is 0 Å². The maximum atomic E-state index is 13.2. The third kappa shape index (κ3) is 3.67. The molecule has 0 saturated carbocycles. The second kappa shape index (κ2) is 8.08. The Balaban J connectivity index is 1.61. The summed E-state index contributed by atoms with van der Waals surface area (Å²) in [5.41, 5.74) is 2.53. The predicted octanol–water partition coefficient (Wildman–Crippen LogP) is 3.42. The molecule has 0 bridgehead atoms. The Hall–Kier alpha value is -3.41. The van der Waals surface area contributed by atoms with Crippen molar-refractivity contribution in [2.75, 3.05) is 18.4 Å². The van der Waals surface area contributed by atoms with Gasteiger partial charge in [0.05, 0.1) is 17.8 Å². The average Bonchev–Trinajstić information content (AvgIpc) is 3.42. The maximum Gasteiger partial charge on any atom is 0.274 e. The first-order valence-corrected chi connectivity index (χ1v) is 9.47. The van der Waals surface area contributed by atoms with Gasteiger partial charge in [0.25, 0.3) is 5.91 Å². The molecule has 0 radical (unpaired) electrons. The number of amides is 2. The molecular weight excluding hydrogens is 352 g/mol. The van der Waals surface area contributed by atoms with E-state index in [1.54, 1.807) is 4.90 Å². The summed E-state index contributed by atoms with van der Waals surface area (Å²) in [6.07, 6.45) is 3.51. The lowest BCUT2D eigenvalue weighted by molar-refractivity contribution is -0.116. The first kappa shape index (κ1) is 18.0. The fourth-order valence-corrected chi connectivity index (χ4v) is 3.61. The lowest BCUT2D eigenvalue weighted by Gasteiger charge is -2.19. The number of H-pyrrole nitrogens is 1. The highest BCUT2D eigenvalue weighted by Crippen LogP contribution is 2.27. The molecule has 1 aliphatic rings. The standard InChI is InChI=1S/C22H22N4O2/c27-21(19(16-9-3-1-4-10-16)17-11-5-2-6-12-17)24-18-15-23-25-20(18)22(28)26-13-7-8-14-26/h1-6,9-12,15,19H,7-8,13-14H2,(H,23,25)(H,24,27). The normalized spacial score (nSPS) is 13.7. The number of carbonyl (C=O) groups is 2. The van der Waals surface area contributed by atoms with E-state index in [1.807, 2.05) is 60.7 Å². The summed E-state index contributed by atoms with van der Waals surface area (Å²) in [7, 11) is 0. The molecule has 142 valence electrons. The summed E-state index contributed by atoms with van der Waals surface area (Å²) >= 11 is 0. The van der Waals surface area contributed by atoms with Gasteiger partial charge in [0, 0.05) is 13.1 Å². The summed E-state index contributed by atoms with van der Waals surface area (Å²) in [6.45, 7) is 1.48. The molecule has 3 aromatic rings. The summed E-state index contributed by atoms with van der Waals surface area (Å²) in [4.78, 5) is 27.7. The van der Waals surface area contributed by atoms with Crippen LogP contribution in [-0.4, -0.2) is 40.0 Å². The lowest BCUT2D eigenvalue weighted by Crippen LogP contribution is -2.29. The number of anilines is 1. The molecule has 4 rings (SSSR count). The van der Waals surface area contributed by atoms with Crippen LogP contribution in [-0.2, 0) is 4.79 Å². The highest BCUT2D eigenvalue weighted by molar-refractivity contribution is 6.04. The number of rotatable bonds is 5. The number of aromatic amines is 1. The number of hydrogen-bond donors (Lipinski definition) is 2. The Morgan fingerprint density at radius 3 is 2.07 bits per heavy atom. The SMILES string of the molecule is O=C(Nc1cn[nH]c1C(=O)N1CCCC1)C(c1ccccc1)c1ccccc1. The minimum absolute atomic E-state index is 0.124. The second-order valence-corrected chi connectivity index (χ2v) is 6.90. The molecule has 1 aliphatic heterocycles. The van der Waals surface area contributed by atoms with E-state index in [2.05, 4.69) is 15.5 Å². The monoisotopic (exact) mass is 374 g/mol. The lowest BCUT2D eigenvalue weighted by atomic mass is 9.90. The van der Waals surface area contributed by atoms with Crippen LogP contribution in [0.25, 0.3) is 0 Å². The van der Waals surface area contributed by atoms with Gasteiger partial charge in [0.1, 0.15) is 5.69 Å². The van der Waals surface area contributed by atoms with E-state index in [-0.39, 0.29) is 11.8 Å². The third-order valence-corrected chi connectivity index (χ3v) is 5.03. The molecule has 2 amide bonds. The van der Waals surface area contributed by atoms with Gasteiger partial charge in [-0.2, -0.15) is 5.10 Å². The van der Waals surface area contributed by atoms with Crippen molar-refractivity contribution in [1.29, 1.82) is 0 Å². The Bertz CT molecular complexity index is 907. The molecule has 0 unspecified atom stereocenters. The quantitative estimate of drug-likeness (QED) is 0.718. The molecule has 0 spiro atoms. The van der Waals surface area contributed by atoms with Crippen molar-refractivity contribution in [3.8, 4) is 0 Å². The molecule has 6 heteroatoms. The van der Waals surface area contributed by atoms with Gasteiger partial charge in [0.2, 0.25) is 5.91 Å². The van der Waals surface area contributed by atoms with Crippen molar-refractivity contribution in [3.63, 3.8) is 0 Å². The molecule has 1 fully saturated rings. The summed E-state index contributed by atoms with van der Waals surface area (Å²) in [5.74, 6) is -0.803. The van der Waals surface area contributed by atoms with Crippen molar-refractivity contribution < 1.29 is 9.59 Å². The number of likely N-dealkylation sites (tertiary alicyclic amines) is 1. The summed E-state index contributed by atoms with van der Waals surface area (Å²) in [5, 5.41) is 9.65. The van der Waals surface area contributed by atoms with E-state index in [4.69, 9.17) is 0 Å². The molecule has 28 heavy (non-hydrogen) atoms. The molecular formula is C22H22N4O2. The van der Waals surface area contributed by atoms with E-state index >= 15 is 0 Å². The summed E-state index contributed by atoms with van der Waals surface area (Å²) < 4.78 is 0. The largest absolute Gasteiger partial charge is 0.337 e. The Morgan fingerprint density at radius 1 is 0.929 bits per heavy atom. The molecule has 1 saturated heterocycles. The van der Waals surface area contributed by atoms with E-state index in [0.717, 1.165) is 37.1 Å². The highest BCUT2D eigenvalue weighted by atomic mass is 16.2. The van der Waals surface area contributed by atoms with Crippen molar-refractivity contribution >= 4 is 17.5 Å². The molecule has 1 aromatic heterocycles. The highest BCUT2D eigenvalue weighted by Gasteiger charge is 2.27. The van der Waals surface area contributed by atoms with Crippen LogP contribution in [0.4, 0.5) is 5.69 Å². The fourth-order valence-electron chi connectivity index (χ4n) is 3.61. The van der Waals surface area contributed by atoms with Crippen molar-refractivity contribution in [3.05, 3.63) is 83.7 Å². The zero-order chi connectivity index (χ0) is 19.3. The van der Waals surface area contributed by atoms with Gasteiger partial charge in [-0.25, -0.2) is 0 Å². The summed E-state index contributed by atoms with van der Waals surface area (Å²) in [6, 6.07) is 19.2. The minimum atomic E-state index is -0.480. The smallest absolute Gasteiger partial charge is 0.274 e. The predicted molar refractivity (Wildman–Crippen MR) is 107 cm³/mol. The van der Waals surface area contributed by atoms with Gasteiger partial charge in [-0.1, -0.05) is 60.7 Å². The van der Waals surface area contributed by atoms with Crippen molar-refractivity contribution in [1.82, 2.24) is 15.1 Å². The van der Waals surface area contributed by atoms with Crippen LogP contribution in [0.3, 0.4) is 0 Å². The fraction of sp³-hybridized carbons (Fsp3) is 0.227. The van der Waals surface area contributed by atoms with Crippen LogP contribution in [0, 0.1) is 0 Å². The average molecular weight is 374 g/mol. The van der Waals surface area contributed by atoms with E-state index in [0.29, 0.717) is 11.4 Å². The number of hydrogen-bond acceptors (Lipinski definition) is 3. The zero-order valence-corrected chi connectivity index (χ0v) is 15.5. The van der Waals surface area contributed by atoms with E-state index < -0.39 is 5.92 Å². The first-order valence-electron chi connectivity index (χ1n) is 9.47. The number of carbonyl (C=O) groups excluding carboxylic acids is 2. The van der Waals surface area contributed by atoms with Gasteiger partial charge in [-0.15, -0.1) is 0 Å². The number of nitrogens with one attached hydrogen (secondary N) is 2. The van der Waals surface area contributed by atoms with Crippen LogP contribution in [0.5, 0.6) is 0 Å².